The van der Waals surface area contributed by atoms with Gasteiger partial charge in [-0.2, -0.15) is 0 Å². The summed E-state index contributed by atoms with van der Waals surface area (Å²) >= 11 is 0. The van der Waals surface area contributed by atoms with Crippen LogP contribution in [0.5, 0.6) is 0 Å². The van der Waals surface area contributed by atoms with Gasteiger partial charge in [-0.05, 0) is 31.9 Å². The topological polar surface area (TPSA) is 72.4 Å². The number of piperidine rings is 1. The summed E-state index contributed by atoms with van der Waals surface area (Å²) in [6, 6.07) is 5.79. The van der Waals surface area contributed by atoms with Crippen LogP contribution in [0.25, 0.3) is 0 Å². The molecule has 1 fully saturated rings. The fourth-order valence-corrected chi connectivity index (χ4v) is 2.13. The summed E-state index contributed by atoms with van der Waals surface area (Å²) < 4.78 is 0. The van der Waals surface area contributed by atoms with E-state index in [1.807, 2.05) is 24.0 Å². The molecule has 0 aromatic heterocycles. The van der Waals surface area contributed by atoms with E-state index in [-0.39, 0.29) is 11.9 Å². The molecule has 0 bridgehead atoms. The maximum absolute atomic E-state index is 12.3. The molecule has 4 heteroatoms. The van der Waals surface area contributed by atoms with Crippen molar-refractivity contribution in [1.29, 1.82) is 0 Å². The van der Waals surface area contributed by atoms with E-state index >= 15 is 0 Å². The van der Waals surface area contributed by atoms with Crippen LogP contribution < -0.4 is 11.5 Å². The Bertz CT molecular complexity index is 423. The standard InChI is InChI=1S/C13H19N3O/c1-9-2-3-12(15)11(8-9)13(17)16-6-4-10(14)5-7-16/h2-3,8,10H,4-7,14-15H2,1H3. The van der Waals surface area contributed by atoms with Gasteiger partial charge in [0, 0.05) is 24.8 Å². The Morgan fingerprint density at radius 2 is 2.00 bits per heavy atom. The van der Waals surface area contributed by atoms with Crippen LogP contribution in [0.1, 0.15) is 28.8 Å². The minimum atomic E-state index is 0.0260. The number of rotatable bonds is 1. The van der Waals surface area contributed by atoms with Gasteiger partial charge in [-0.15, -0.1) is 0 Å². The van der Waals surface area contributed by atoms with Crippen LogP contribution in [0.3, 0.4) is 0 Å². The first kappa shape index (κ1) is 11.9. The third kappa shape index (κ3) is 2.58. The lowest BCUT2D eigenvalue weighted by Gasteiger charge is -2.30. The van der Waals surface area contributed by atoms with Crippen molar-refractivity contribution in [3.8, 4) is 0 Å². The lowest BCUT2D eigenvalue weighted by atomic mass is 10.0. The minimum Gasteiger partial charge on any atom is -0.398 e. The van der Waals surface area contributed by atoms with Gasteiger partial charge in [0.2, 0.25) is 0 Å². The molecule has 0 aliphatic carbocycles. The van der Waals surface area contributed by atoms with Crippen molar-refractivity contribution in [2.24, 2.45) is 5.73 Å². The van der Waals surface area contributed by atoms with Crippen molar-refractivity contribution in [1.82, 2.24) is 4.90 Å². The smallest absolute Gasteiger partial charge is 0.255 e. The Labute approximate surface area is 102 Å². The first-order valence-electron chi connectivity index (χ1n) is 5.99. The van der Waals surface area contributed by atoms with E-state index in [1.165, 1.54) is 0 Å². The van der Waals surface area contributed by atoms with Crippen molar-refractivity contribution in [2.75, 3.05) is 18.8 Å². The molecule has 17 heavy (non-hydrogen) atoms. The Hall–Kier alpha value is -1.55. The van der Waals surface area contributed by atoms with E-state index in [9.17, 15) is 4.79 Å². The van der Waals surface area contributed by atoms with Crippen molar-refractivity contribution < 1.29 is 4.79 Å². The molecule has 1 aromatic carbocycles. The molecule has 0 saturated carbocycles. The average Bonchev–Trinajstić information content (AvgIpc) is 2.32. The second-order valence-corrected chi connectivity index (χ2v) is 4.72. The number of nitrogens with zero attached hydrogens (tertiary/aromatic N) is 1. The Balaban J connectivity index is 2.16. The molecule has 2 rings (SSSR count). The maximum Gasteiger partial charge on any atom is 0.255 e. The van der Waals surface area contributed by atoms with E-state index < -0.39 is 0 Å². The van der Waals surface area contributed by atoms with Crippen LogP contribution in [0.15, 0.2) is 18.2 Å². The number of hydrogen-bond donors (Lipinski definition) is 2. The minimum absolute atomic E-state index is 0.0260. The third-order valence-corrected chi connectivity index (χ3v) is 3.27. The molecule has 4 nitrogen and oxygen atoms in total. The lowest BCUT2D eigenvalue weighted by molar-refractivity contribution is 0.0716. The van der Waals surface area contributed by atoms with Crippen molar-refractivity contribution >= 4 is 11.6 Å². The van der Waals surface area contributed by atoms with Crippen molar-refractivity contribution in [2.45, 2.75) is 25.8 Å². The zero-order valence-corrected chi connectivity index (χ0v) is 10.1. The molecule has 0 unspecified atom stereocenters. The molecule has 0 spiro atoms. The molecule has 1 saturated heterocycles. The predicted molar refractivity (Wildman–Crippen MR) is 68.7 cm³/mol. The second-order valence-electron chi connectivity index (χ2n) is 4.72. The number of benzene rings is 1. The molecule has 1 aliphatic rings. The summed E-state index contributed by atoms with van der Waals surface area (Å²) in [4.78, 5) is 14.1. The van der Waals surface area contributed by atoms with Gasteiger partial charge in [-0.3, -0.25) is 4.79 Å². The molecular weight excluding hydrogens is 214 g/mol. The third-order valence-electron chi connectivity index (χ3n) is 3.27. The van der Waals surface area contributed by atoms with Crippen molar-refractivity contribution in [3.63, 3.8) is 0 Å². The fraction of sp³-hybridized carbons (Fsp3) is 0.462. The normalized spacial score (nSPS) is 17.2. The SMILES string of the molecule is Cc1ccc(N)c(C(=O)N2CCC(N)CC2)c1. The first-order chi connectivity index (χ1) is 8.08. The zero-order valence-electron chi connectivity index (χ0n) is 10.1. The fourth-order valence-electron chi connectivity index (χ4n) is 2.13. The van der Waals surface area contributed by atoms with E-state index in [2.05, 4.69) is 0 Å². The quantitative estimate of drug-likeness (QED) is 0.714. The van der Waals surface area contributed by atoms with Crippen LogP contribution in [0, 0.1) is 6.92 Å². The van der Waals surface area contributed by atoms with Gasteiger partial charge in [0.1, 0.15) is 0 Å². The van der Waals surface area contributed by atoms with E-state index in [0.717, 1.165) is 31.5 Å². The molecule has 1 aliphatic heterocycles. The largest absolute Gasteiger partial charge is 0.398 e. The zero-order chi connectivity index (χ0) is 12.4. The van der Waals surface area contributed by atoms with Crippen LogP contribution >= 0.6 is 0 Å². The van der Waals surface area contributed by atoms with Gasteiger partial charge in [0.25, 0.3) is 5.91 Å². The molecule has 4 N–H and O–H groups in total. The van der Waals surface area contributed by atoms with Gasteiger partial charge in [0.05, 0.1) is 5.56 Å². The highest BCUT2D eigenvalue weighted by molar-refractivity contribution is 5.99. The monoisotopic (exact) mass is 233 g/mol. The number of hydrogen-bond acceptors (Lipinski definition) is 3. The highest BCUT2D eigenvalue weighted by Gasteiger charge is 2.22. The maximum atomic E-state index is 12.3. The number of aryl methyl sites for hydroxylation is 1. The number of nitrogens with two attached hydrogens (primary N) is 2. The summed E-state index contributed by atoms with van der Waals surface area (Å²) in [7, 11) is 0. The van der Waals surface area contributed by atoms with Crippen LogP contribution in [0.2, 0.25) is 0 Å². The summed E-state index contributed by atoms with van der Waals surface area (Å²) in [5.41, 5.74) is 13.9. The first-order valence-corrected chi connectivity index (χ1v) is 5.99. The number of likely N-dealkylation sites (tertiary alicyclic amines) is 1. The highest BCUT2D eigenvalue weighted by atomic mass is 16.2. The number of carbonyl (C=O) groups excluding carboxylic acids is 1. The van der Waals surface area contributed by atoms with Gasteiger partial charge in [-0.25, -0.2) is 0 Å². The van der Waals surface area contributed by atoms with E-state index in [4.69, 9.17) is 11.5 Å². The van der Waals surface area contributed by atoms with Gasteiger partial charge < -0.3 is 16.4 Å². The second kappa shape index (κ2) is 4.75. The molecule has 1 amide bonds. The summed E-state index contributed by atoms with van der Waals surface area (Å²) in [5.74, 6) is 0.0260. The number of carbonyl (C=O) groups is 1. The predicted octanol–water partition coefficient (Wildman–Crippen LogP) is 1.14. The summed E-state index contributed by atoms with van der Waals surface area (Å²) in [5, 5.41) is 0. The number of amides is 1. The van der Waals surface area contributed by atoms with Gasteiger partial charge >= 0.3 is 0 Å². The van der Waals surface area contributed by atoms with Crippen LogP contribution in [-0.2, 0) is 0 Å². The summed E-state index contributed by atoms with van der Waals surface area (Å²) in [6.07, 6.45) is 1.74. The molecule has 92 valence electrons. The van der Waals surface area contributed by atoms with Crippen LogP contribution in [0.4, 0.5) is 5.69 Å². The number of anilines is 1. The van der Waals surface area contributed by atoms with Gasteiger partial charge in [0.15, 0.2) is 0 Å². The van der Waals surface area contributed by atoms with E-state index in [0.29, 0.717) is 11.3 Å². The molecular formula is C13H19N3O. The molecule has 0 atom stereocenters. The Morgan fingerprint density at radius 1 is 1.35 bits per heavy atom. The average molecular weight is 233 g/mol. The molecule has 1 aromatic rings. The summed E-state index contributed by atoms with van der Waals surface area (Å²) in [6.45, 7) is 3.42. The van der Waals surface area contributed by atoms with Crippen LogP contribution in [-0.4, -0.2) is 29.9 Å². The van der Waals surface area contributed by atoms with Crippen molar-refractivity contribution in [3.05, 3.63) is 29.3 Å². The lowest BCUT2D eigenvalue weighted by Crippen LogP contribution is -2.43. The number of nitrogen functional groups attached to an aromatic ring is 1. The molecule has 1 heterocycles. The highest BCUT2D eigenvalue weighted by Crippen LogP contribution is 2.18. The van der Waals surface area contributed by atoms with Gasteiger partial charge in [-0.1, -0.05) is 11.6 Å². The molecule has 0 radical (unpaired) electrons. The van der Waals surface area contributed by atoms with E-state index in [1.54, 1.807) is 6.07 Å². The Kier molecular flexibility index (Phi) is 3.33. The Morgan fingerprint density at radius 3 is 2.65 bits per heavy atom.